The molecule has 1 aliphatic carbocycles. The van der Waals surface area contributed by atoms with E-state index < -0.39 is 27.4 Å². The van der Waals surface area contributed by atoms with Gasteiger partial charge in [-0.05, 0) is 47.7 Å². The lowest BCUT2D eigenvalue weighted by Crippen LogP contribution is -2.34. The van der Waals surface area contributed by atoms with E-state index in [2.05, 4.69) is 10.6 Å². The number of nitrogens with one attached hydrogen (secondary N) is 2. The number of carbonyl (C=O) groups excluding carboxylic acids is 2. The van der Waals surface area contributed by atoms with Gasteiger partial charge in [-0.15, -0.1) is 0 Å². The lowest BCUT2D eigenvalue weighted by molar-refractivity contribution is -0.120. The van der Waals surface area contributed by atoms with Crippen molar-refractivity contribution in [3.05, 3.63) is 75.4 Å². The highest BCUT2D eigenvalue weighted by Gasteiger charge is 2.31. The summed E-state index contributed by atoms with van der Waals surface area (Å²) in [5.74, 6) is 0.559. The molecule has 0 radical (unpaired) electrons. The van der Waals surface area contributed by atoms with E-state index in [0.29, 0.717) is 69.1 Å². The highest BCUT2D eigenvalue weighted by molar-refractivity contribution is 7.89. The monoisotopic (exact) mass is 677 g/mol. The third kappa shape index (κ3) is 6.74. The van der Waals surface area contributed by atoms with Crippen LogP contribution < -0.4 is 30.3 Å². The number of aryl methyl sites for hydroxylation is 1. The number of carbonyl (C=O) groups is 2. The SMILES string of the molecule is COc1cc2c(c(OC)c1OC)-c1cc3c(CC(=O)NCCS(=O)(=O)N(C)C)c(-c4ccccc4)oc3c(=O)cc1[C@@H](NC(C)=O)CC2. The Bertz CT molecular complexity index is 2040. The standard InChI is InChI=1S/C35H39N3O9S/c1-20(39)37-27-13-12-22-16-29(44-4)34(45-5)35(46-6)31(22)24-17-25-26(19-30(41)36-14-15-48(42,43)38(2)3)32(21-10-8-7-9-11-21)47-33(25)28(40)18-23(24)27/h7-11,16-18,27H,12-15,19H2,1-6H3,(H,36,41)(H,37,39)/t27-/m0/s1. The van der Waals surface area contributed by atoms with E-state index >= 15 is 0 Å². The summed E-state index contributed by atoms with van der Waals surface area (Å²) in [6.45, 7) is 1.32. The number of methoxy groups -OCH3 is 3. The molecule has 2 N–H and O–H groups in total. The Morgan fingerprint density at radius 2 is 1.71 bits per heavy atom. The van der Waals surface area contributed by atoms with Crippen LogP contribution in [0.5, 0.6) is 17.2 Å². The highest BCUT2D eigenvalue weighted by atomic mass is 32.2. The molecule has 0 aliphatic heterocycles. The van der Waals surface area contributed by atoms with Crippen LogP contribution in [0.4, 0.5) is 0 Å². The van der Waals surface area contributed by atoms with E-state index in [1.165, 1.54) is 48.4 Å². The summed E-state index contributed by atoms with van der Waals surface area (Å²) in [6.07, 6.45) is 0.782. The van der Waals surface area contributed by atoms with Crippen molar-refractivity contribution < 1.29 is 36.6 Å². The second kappa shape index (κ2) is 14.1. The van der Waals surface area contributed by atoms with Crippen molar-refractivity contribution in [2.45, 2.75) is 32.2 Å². The molecule has 0 bridgehead atoms. The molecule has 3 aromatic carbocycles. The molecule has 13 heteroatoms. The van der Waals surface area contributed by atoms with Crippen molar-refractivity contribution in [1.82, 2.24) is 14.9 Å². The van der Waals surface area contributed by atoms with E-state index in [1.807, 2.05) is 36.4 Å². The molecular formula is C35H39N3O9S. The van der Waals surface area contributed by atoms with Crippen LogP contribution in [0.15, 0.2) is 57.7 Å². The quantitative estimate of drug-likeness (QED) is 0.241. The minimum Gasteiger partial charge on any atom is -0.493 e. The minimum absolute atomic E-state index is 0.0301. The number of hydrogen-bond acceptors (Lipinski definition) is 9. The Morgan fingerprint density at radius 3 is 2.33 bits per heavy atom. The number of sulfonamides is 1. The average Bonchev–Trinajstić information content (AvgIpc) is 3.25. The maximum Gasteiger partial charge on any atom is 0.224 e. The first-order valence-electron chi connectivity index (χ1n) is 15.3. The third-order valence-electron chi connectivity index (χ3n) is 8.41. The van der Waals surface area contributed by atoms with E-state index in [-0.39, 0.29) is 30.2 Å². The molecule has 1 heterocycles. The molecule has 254 valence electrons. The maximum absolute atomic E-state index is 14.1. The van der Waals surface area contributed by atoms with Crippen LogP contribution in [0.25, 0.3) is 33.4 Å². The maximum atomic E-state index is 14.1. The molecule has 1 aromatic heterocycles. The number of hydrogen-bond donors (Lipinski definition) is 2. The minimum atomic E-state index is -3.53. The summed E-state index contributed by atoms with van der Waals surface area (Å²) in [6, 6.07) is 13.7. The van der Waals surface area contributed by atoms with Gasteiger partial charge in [0.1, 0.15) is 5.76 Å². The number of nitrogens with zero attached hydrogens (tertiary/aromatic N) is 1. The van der Waals surface area contributed by atoms with E-state index in [0.717, 1.165) is 9.87 Å². The highest BCUT2D eigenvalue weighted by Crippen LogP contribution is 2.51. The lowest BCUT2D eigenvalue weighted by Gasteiger charge is -2.20. The summed E-state index contributed by atoms with van der Waals surface area (Å²) in [7, 11) is 3.88. The van der Waals surface area contributed by atoms with Crippen molar-refractivity contribution in [2.75, 3.05) is 47.7 Å². The molecule has 0 fully saturated rings. The van der Waals surface area contributed by atoms with Gasteiger partial charge in [0.15, 0.2) is 17.1 Å². The zero-order valence-electron chi connectivity index (χ0n) is 27.8. The molecule has 1 aliphatic rings. The van der Waals surface area contributed by atoms with Crippen molar-refractivity contribution in [3.8, 4) is 39.7 Å². The normalized spacial score (nSPS) is 14.1. The van der Waals surface area contributed by atoms with Crippen molar-refractivity contribution >= 4 is 32.8 Å². The van der Waals surface area contributed by atoms with Crippen LogP contribution in [-0.4, -0.2) is 72.3 Å². The molecule has 1 atom stereocenters. The molecule has 5 rings (SSSR count). The number of furan rings is 1. The summed E-state index contributed by atoms with van der Waals surface area (Å²) < 4.78 is 49.2. The first-order valence-corrected chi connectivity index (χ1v) is 17.0. The van der Waals surface area contributed by atoms with Crippen LogP contribution >= 0.6 is 0 Å². The Morgan fingerprint density at radius 1 is 1.00 bits per heavy atom. The van der Waals surface area contributed by atoms with Crippen LogP contribution in [0.1, 0.15) is 36.1 Å². The Kier molecular flexibility index (Phi) is 10.1. The smallest absolute Gasteiger partial charge is 0.224 e. The van der Waals surface area contributed by atoms with Crippen LogP contribution in [0, 0.1) is 0 Å². The van der Waals surface area contributed by atoms with Gasteiger partial charge in [0, 0.05) is 49.6 Å². The molecule has 0 spiro atoms. The Labute approximate surface area is 279 Å². The fourth-order valence-electron chi connectivity index (χ4n) is 6.10. The first kappa shape index (κ1) is 34.5. The second-order valence-electron chi connectivity index (χ2n) is 11.6. The van der Waals surface area contributed by atoms with E-state index in [4.69, 9.17) is 18.6 Å². The second-order valence-corrected chi connectivity index (χ2v) is 13.9. The van der Waals surface area contributed by atoms with Gasteiger partial charge in [0.25, 0.3) is 0 Å². The molecule has 0 saturated heterocycles. The fourth-order valence-corrected chi connectivity index (χ4v) is 6.83. The van der Waals surface area contributed by atoms with Gasteiger partial charge in [-0.25, -0.2) is 12.7 Å². The third-order valence-corrected chi connectivity index (χ3v) is 10.2. The number of fused-ring (bicyclic) bond motifs is 4. The van der Waals surface area contributed by atoms with Gasteiger partial charge in [-0.2, -0.15) is 0 Å². The molecule has 12 nitrogen and oxygen atoms in total. The zero-order valence-corrected chi connectivity index (χ0v) is 28.6. The number of ether oxygens (including phenoxy) is 3. The van der Waals surface area contributed by atoms with Crippen LogP contribution in [0.2, 0.25) is 0 Å². The summed E-state index contributed by atoms with van der Waals surface area (Å²) in [4.78, 5) is 39.8. The van der Waals surface area contributed by atoms with Gasteiger partial charge in [0.05, 0.1) is 39.5 Å². The van der Waals surface area contributed by atoms with Gasteiger partial charge < -0.3 is 29.3 Å². The number of benzene rings is 2. The molecular weight excluding hydrogens is 638 g/mol. The van der Waals surface area contributed by atoms with Crippen molar-refractivity contribution in [1.29, 1.82) is 0 Å². The van der Waals surface area contributed by atoms with E-state index in [1.54, 1.807) is 6.07 Å². The molecule has 0 unspecified atom stereocenters. The lowest BCUT2D eigenvalue weighted by atomic mass is 9.94. The van der Waals surface area contributed by atoms with Gasteiger partial charge in [-0.3, -0.25) is 14.4 Å². The molecule has 0 saturated carbocycles. The van der Waals surface area contributed by atoms with E-state index in [9.17, 15) is 22.8 Å². The fraction of sp³-hybridized carbons (Fsp3) is 0.343. The largest absolute Gasteiger partial charge is 0.493 e. The van der Waals surface area contributed by atoms with Crippen molar-refractivity contribution in [3.63, 3.8) is 0 Å². The predicted octanol–water partition coefficient (Wildman–Crippen LogP) is 3.83. The molecule has 48 heavy (non-hydrogen) atoms. The topological polar surface area (TPSA) is 153 Å². The summed E-state index contributed by atoms with van der Waals surface area (Å²) in [5.41, 5.74) is 3.33. The summed E-state index contributed by atoms with van der Waals surface area (Å²) >= 11 is 0. The Balaban J connectivity index is 1.79. The van der Waals surface area contributed by atoms with Gasteiger partial charge in [0.2, 0.25) is 33.0 Å². The average molecular weight is 678 g/mol. The van der Waals surface area contributed by atoms with Crippen LogP contribution in [0.3, 0.4) is 0 Å². The van der Waals surface area contributed by atoms with Gasteiger partial charge in [-0.1, -0.05) is 30.3 Å². The molecule has 2 amide bonds. The predicted molar refractivity (Wildman–Crippen MR) is 182 cm³/mol. The Hall–Kier alpha value is -4.88. The zero-order chi connectivity index (χ0) is 34.7. The van der Waals surface area contributed by atoms with Gasteiger partial charge >= 0.3 is 0 Å². The molecule has 4 aromatic rings. The van der Waals surface area contributed by atoms with Crippen molar-refractivity contribution in [2.24, 2.45) is 0 Å². The number of rotatable bonds is 11. The first-order chi connectivity index (χ1) is 22.9. The van der Waals surface area contributed by atoms with Crippen LogP contribution in [-0.2, 0) is 32.5 Å². The summed E-state index contributed by atoms with van der Waals surface area (Å²) in [5, 5.41) is 6.08. The number of amides is 2.